The summed E-state index contributed by atoms with van der Waals surface area (Å²) in [7, 11) is 1.50. The molecular weight excluding hydrogens is 534 g/mol. The molecule has 1 N–H and O–H groups in total. The number of urea groups is 1. The number of carbonyl (C=O) groups is 3. The summed E-state index contributed by atoms with van der Waals surface area (Å²) in [5.41, 5.74) is 1.15. The lowest BCUT2D eigenvalue weighted by atomic mass is 10.1. The van der Waals surface area contributed by atoms with E-state index in [9.17, 15) is 24.5 Å². The van der Waals surface area contributed by atoms with Crippen molar-refractivity contribution in [2.75, 3.05) is 12.0 Å². The molecule has 1 aliphatic rings. The second-order valence-corrected chi connectivity index (χ2v) is 8.42. The average Bonchev–Trinajstić information content (AvgIpc) is 2.86. The third-order valence-corrected chi connectivity index (χ3v) is 5.83. The van der Waals surface area contributed by atoms with Gasteiger partial charge in [-0.05, 0) is 69.5 Å². The fourth-order valence-electron chi connectivity index (χ4n) is 3.43. The van der Waals surface area contributed by atoms with Crippen molar-refractivity contribution in [2.45, 2.75) is 6.61 Å². The highest BCUT2D eigenvalue weighted by Gasteiger charge is 2.36. The number of nitrogens with zero attached hydrogens (tertiary/aromatic N) is 2. The lowest BCUT2D eigenvalue weighted by molar-refractivity contribution is -0.384. The van der Waals surface area contributed by atoms with Gasteiger partial charge in [0, 0.05) is 12.1 Å². The number of amides is 4. The predicted molar refractivity (Wildman–Crippen MR) is 134 cm³/mol. The molecule has 11 heteroatoms. The molecule has 0 saturated carbocycles. The van der Waals surface area contributed by atoms with Crippen molar-refractivity contribution in [3.8, 4) is 11.5 Å². The number of non-ortho nitro benzene ring substituents is 1. The Kier molecular flexibility index (Phi) is 7.11. The Bertz CT molecular complexity index is 1400. The van der Waals surface area contributed by atoms with Gasteiger partial charge in [-0.15, -0.1) is 0 Å². The van der Waals surface area contributed by atoms with E-state index in [1.165, 1.54) is 37.5 Å². The van der Waals surface area contributed by atoms with Crippen molar-refractivity contribution in [3.63, 3.8) is 0 Å². The first-order chi connectivity index (χ1) is 17.3. The molecular formula is C25H18BrN3O7. The van der Waals surface area contributed by atoms with E-state index in [0.29, 0.717) is 27.1 Å². The number of barbiturate groups is 1. The molecule has 1 aliphatic heterocycles. The van der Waals surface area contributed by atoms with Crippen molar-refractivity contribution < 1.29 is 28.8 Å². The minimum atomic E-state index is -0.849. The van der Waals surface area contributed by atoms with Crippen molar-refractivity contribution >= 4 is 51.2 Å². The quantitative estimate of drug-likeness (QED) is 0.196. The van der Waals surface area contributed by atoms with Crippen LogP contribution in [0.15, 0.2) is 76.8 Å². The van der Waals surface area contributed by atoms with Gasteiger partial charge >= 0.3 is 6.03 Å². The lowest BCUT2D eigenvalue weighted by Gasteiger charge is -2.26. The maximum atomic E-state index is 13.1. The Hall–Kier alpha value is -4.51. The van der Waals surface area contributed by atoms with Crippen molar-refractivity contribution in [2.24, 2.45) is 0 Å². The van der Waals surface area contributed by atoms with E-state index in [-0.39, 0.29) is 23.6 Å². The lowest BCUT2D eigenvalue weighted by Crippen LogP contribution is -2.54. The van der Waals surface area contributed by atoms with Gasteiger partial charge in [-0.1, -0.05) is 18.2 Å². The minimum absolute atomic E-state index is 0.0327. The second kappa shape index (κ2) is 10.4. The Morgan fingerprint density at radius 3 is 2.47 bits per heavy atom. The topological polar surface area (TPSA) is 128 Å². The first kappa shape index (κ1) is 24.6. The number of halogens is 1. The minimum Gasteiger partial charge on any atom is -0.497 e. The van der Waals surface area contributed by atoms with Gasteiger partial charge in [0.05, 0.1) is 22.2 Å². The standard InChI is InChI=1S/C25H18BrN3O7/c1-35-19-8-6-17(7-9-19)28-24(31)20(23(30)27-25(28)32)12-15-5-10-22(21(26)13-15)36-14-16-3-2-4-18(11-16)29(33)34/h2-13H,14H2,1H3,(H,27,30,32)/b20-12+. The summed E-state index contributed by atoms with van der Waals surface area (Å²) in [6.07, 6.45) is 1.37. The third-order valence-electron chi connectivity index (χ3n) is 5.21. The highest BCUT2D eigenvalue weighted by Crippen LogP contribution is 2.29. The number of rotatable bonds is 7. The molecule has 36 heavy (non-hydrogen) atoms. The summed E-state index contributed by atoms with van der Waals surface area (Å²) in [5, 5.41) is 13.1. The van der Waals surface area contributed by atoms with Crippen LogP contribution in [-0.4, -0.2) is 29.9 Å². The number of nitro benzene ring substituents is 1. The van der Waals surface area contributed by atoms with Crippen LogP contribution < -0.4 is 19.7 Å². The van der Waals surface area contributed by atoms with Gasteiger partial charge in [0.15, 0.2) is 0 Å². The zero-order valence-corrected chi connectivity index (χ0v) is 20.4. The third kappa shape index (κ3) is 5.26. The molecule has 3 aromatic rings. The number of nitro groups is 1. The van der Waals surface area contributed by atoms with E-state index >= 15 is 0 Å². The maximum absolute atomic E-state index is 13.1. The van der Waals surface area contributed by atoms with Crippen molar-refractivity contribution in [3.05, 3.63) is 98.0 Å². The summed E-state index contributed by atoms with van der Waals surface area (Å²) < 4.78 is 11.4. The van der Waals surface area contributed by atoms with Gasteiger partial charge in [-0.3, -0.25) is 25.0 Å². The highest BCUT2D eigenvalue weighted by molar-refractivity contribution is 9.10. The molecule has 1 saturated heterocycles. The molecule has 182 valence electrons. The van der Waals surface area contributed by atoms with Crippen LogP contribution in [0.5, 0.6) is 11.5 Å². The largest absolute Gasteiger partial charge is 0.497 e. The summed E-state index contributed by atoms with van der Waals surface area (Å²) >= 11 is 3.40. The smallest absolute Gasteiger partial charge is 0.335 e. The van der Waals surface area contributed by atoms with E-state index in [1.807, 2.05) is 0 Å². The molecule has 4 rings (SSSR count). The van der Waals surface area contributed by atoms with E-state index in [1.54, 1.807) is 42.5 Å². The van der Waals surface area contributed by atoms with Crippen LogP contribution in [0.3, 0.4) is 0 Å². The number of hydrogen-bond donors (Lipinski definition) is 1. The molecule has 0 bridgehead atoms. The van der Waals surface area contributed by atoms with Gasteiger partial charge < -0.3 is 9.47 Å². The summed E-state index contributed by atoms with van der Waals surface area (Å²) in [6.45, 7) is 0.0978. The predicted octanol–water partition coefficient (Wildman–Crippen LogP) is 4.61. The van der Waals surface area contributed by atoms with Crippen LogP contribution in [0, 0.1) is 10.1 Å². The molecule has 3 aromatic carbocycles. The van der Waals surface area contributed by atoms with Gasteiger partial charge in [0.2, 0.25) is 0 Å². The van der Waals surface area contributed by atoms with Crippen LogP contribution in [-0.2, 0) is 16.2 Å². The zero-order chi connectivity index (χ0) is 25.8. The number of anilines is 1. The zero-order valence-electron chi connectivity index (χ0n) is 18.8. The Morgan fingerprint density at radius 1 is 1.06 bits per heavy atom. The number of carbonyl (C=O) groups excluding carboxylic acids is 3. The number of methoxy groups -OCH3 is 1. The molecule has 4 amide bonds. The first-order valence-electron chi connectivity index (χ1n) is 10.5. The molecule has 0 unspecified atom stereocenters. The molecule has 1 fully saturated rings. The Balaban J connectivity index is 1.53. The van der Waals surface area contributed by atoms with Crippen LogP contribution in [0.1, 0.15) is 11.1 Å². The molecule has 0 atom stereocenters. The maximum Gasteiger partial charge on any atom is 0.335 e. The fraction of sp³-hybridized carbons (Fsp3) is 0.0800. The van der Waals surface area contributed by atoms with Crippen LogP contribution in [0.2, 0.25) is 0 Å². The normalized spacial score (nSPS) is 14.6. The summed E-state index contributed by atoms with van der Waals surface area (Å²) in [6, 6.07) is 16.4. The summed E-state index contributed by atoms with van der Waals surface area (Å²) in [4.78, 5) is 49.2. The number of imide groups is 2. The second-order valence-electron chi connectivity index (χ2n) is 7.56. The molecule has 0 radical (unpaired) electrons. The van der Waals surface area contributed by atoms with Crippen LogP contribution in [0.4, 0.5) is 16.2 Å². The van der Waals surface area contributed by atoms with E-state index in [2.05, 4.69) is 21.2 Å². The number of nitrogens with one attached hydrogen (secondary N) is 1. The molecule has 0 aromatic heterocycles. The molecule has 10 nitrogen and oxygen atoms in total. The summed E-state index contributed by atoms with van der Waals surface area (Å²) in [5.74, 6) is -0.570. The molecule has 1 heterocycles. The Morgan fingerprint density at radius 2 is 1.81 bits per heavy atom. The van der Waals surface area contributed by atoms with Gasteiger partial charge in [-0.25, -0.2) is 9.69 Å². The Labute approximate surface area is 213 Å². The molecule has 0 spiro atoms. The van der Waals surface area contributed by atoms with Gasteiger partial charge in [0.25, 0.3) is 17.5 Å². The van der Waals surface area contributed by atoms with Gasteiger partial charge in [0.1, 0.15) is 23.7 Å². The van der Waals surface area contributed by atoms with Gasteiger partial charge in [-0.2, -0.15) is 0 Å². The molecule has 0 aliphatic carbocycles. The van der Waals surface area contributed by atoms with Crippen LogP contribution >= 0.6 is 15.9 Å². The van der Waals surface area contributed by atoms with Crippen molar-refractivity contribution in [1.82, 2.24) is 5.32 Å². The number of ether oxygens (including phenoxy) is 2. The first-order valence-corrected chi connectivity index (χ1v) is 11.3. The fourth-order valence-corrected chi connectivity index (χ4v) is 3.95. The van der Waals surface area contributed by atoms with E-state index in [4.69, 9.17) is 9.47 Å². The van der Waals surface area contributed by atoms with E-state index < -0.39 is 22.8 Å². The number of hydrogen-bond acceptors (Lipinski definition) is 7. The van der Waals surface area contributed by atoms with E-state index in [0.717, 1.165) is 4.90 Å². The monoisotopic (exact) mass is 551 g/mol. The highest BCUT2D eigenvalue weighted by atomic mass is 79.9. The number of benzene rings is 3. The van der Waals surface area contributed by atoms with Crippen LogP contribution in [0.25, 0.3) is 6.08 Å². The average molecular weight is 552 g/mol. The van der Waals surface area contributed by atoms with Crippen molar-refractivity contribution in [1.29, 1.82) is 0 Å². The SMILES string of the molecule is COc1ccc(N2C(=O)NC(=O)/C(=C\c3ccc(OCc4cccc([N+](=O)[O-])c4)c(Br)c3)C2=O)cc1.